The van der Waals surface area contributed by atoms with Gasteiger partial charge < -0.3 is 0 Å². The van der Waals surface area contributed by atoms with Gasteiger partial charge in [-0.15, -0.1) is 0 Å². The van der Waals surface area contributed by atoms with Gasteiger partial charge in [0.2, 0.25) is 0 Å². The fraction of sp³-hybridized carbons (Fsp3) is 0.455. The van der Waals surface area contributed by atoms with Gasteiger partial charge in [0.15, 0.2) is 0 Å². The van der Waals surface area contributed by atoms with Crippen molar-refractivity contribution in [3.8, 4) is 0 Å². The van der Waals surface area contributed by atoms with Gasteiger partial charge in [0, 0.05) is 0 Å². The Hall–Kier alpha value is -0.926. The Morgan fingerprint density at radius 1 is 0.640 bits per heavy atom. The Bertz CT molecular complexity index is 591. The molecule has 0 saturated carbocycles. The third-order valence-electron chi connectivity index (χ3n) is 5.28. The third-order valence-corrected chi connectivity index (χ3v) is 12.0. The molecule has 2 aromatic rings. The molecule has 2 aromatic carbocycles. The molecule has 0 aliphatic carbocycles. The first-order valence-electron chi connectivity index (χ1n) is 8.96. The number of hydrogen-bond donors (Lipinski definition) is 0. The fourth-order valence-corrected chi connectivity index (χ4v) is 9.96. The van der Waals surface area contributed by atoms with Gasteiger partial charge in [-0.2, -0.15) is 0 Å². The molecule has 0 amide bonds. The summed E-state index contributed by atoms with van der Waals surface area (Å²) in [6.45, 7) is 9.21. The summed E-state index contributed by atoms with van der Waals surface area (Å²) in [4.78, 5) is 0. The predicted molar refractivity (Wildman–Crippen MR) is 103 cm³/mol. The third kappa shape index (κ3) is 5.04. The van der Waals surface area contributed by atoms with Crippen LogP contribution in [-0.2, 0) is 34.8 Å². The van der Waals surface area contributed by atoms with Gasteiger partial charge in [-0.3, -0.25) is 0 Å². The van der Waals surface area contributed by atoms with Crippen LogP contribution in [0.15, 0.2) is 60.7 Å². The second kappa shape index (κ2) is 8.18. The minimum absolute atomic E-state index is 0.0278. The standard InChI is InChI=1S/2C10H13.2CH3O.Ti/c2*1-10(2,3)9-7-5-4-6-8-9;2*1-2;/h2*4-8H,1H2,2-3H3;2*1H3;/q;;2*-1;+2. The monoisotopic (exact) mass is 376 g/mol. The van der Waals surface area contributed by atoms with Crippen LogP contribution >= 0.6 is 0 Å². The van der Waals surface area contributed by atoms with E-state index in [0.29, 0.717) is 0 Å². The first-order chi connectivity index (χ1) is 11.7. The zero-order valence-corrected chi connectivity index (χ0v) is 18.1. The molecule has 0 spiro atoms. The second-order valence-electron chi connectivity index (χ2n) is 8.17. The maximum absolute atomic E-state index is 6.17. The summed E-state index contributed by atoms with van der Waals surface area (Å²) in [6.07, 6.45) is 0. The molecule has 0 aliphatic rings. The van der Waals surface area contributed by atoms with Crippen LogP contribution in [0.5, 0.6) is 0 Å². The normalized spacial score (nSPS) is 13.0. The molecule has 136 valence electrons. The van der Waals surface area contributed by atoms with E-state index in [-0.39, 0.29) is 10.8 Å². The Balaban J connectivity index is 2.29. The van der Waals surface area contributed by atoms with Crippen molar-refractivity contribution in [2.24, 2.45) is 0 Å². The van der Waals surface area contributed by atoms with Crippen molar-refractivity contribution in [1.29, 1.82) is 0 Å². The van der Waals surface area contributed by atoms with E-state index in [2.05, 4.69) is 88.4 Å². The number of rotatable bonds is 8. The van der Waals surface area contributed by atoms with Gasteiger partial charge in [0.1, 0.15) is 0 Å². The molecule has 0 aliphatic heterocycles. The van der Waals surface area contributed by atoms with Crippen molar-refractivity contribution < 1.29 is 24.0 Å². The van der Waals surface area contributed by atoms with Crippen LogP contribution in [0.3, 0.4) is 0 Å². The van der Waals surface area contributed by atoms with Crippen molar-refractivity contribution in [2.45, 2.75) is 48.0 Å². The van der Waals surface area contributed by atoms with Gasteiger partial charge >= 0.3 is 158 Å². The van der Waals surface area contributed by atoms with E-state index < -0.39 is 17.4 Å². The summed E-state index contributed by atoms with van der Waals surface area (Å²) in [7, 11) is 3.68. The molecule has 0 aromatic heterocycles. The molecular formula is C22H32O2Ti. The average molecular weight is 376 g/mol. The molecule has 0 unspecified atom stereocenters. The first kappa shape index (κ1) is 20.4. The summed E-state index contributed by atoms with van der Waals surface area (Å²) in [5, 5.41) is 0. The zero-order chi connectivity index (χ0) is 18.6. The average Bonchev–Trinajstić information content (AvgIpc) is 2.62. The van der Waals surface area contributed by atoms with E-state index in [9.17, 15) is 0 Å². The Labute approximate surface area is 157 Å². The summed E-state index contributed by atoms with van der Waals surface area (Å²) < 4.78 is 14.3. The van der Waals surface area contributed by atoms with Crippen LogP contribution in [0.25, 0.3) is 0 Å². The van der Waals surface area contributed by atoms with Crippen LogP contribution < -0.4 is 0 Å². The van der Waals surface area contributed by atoms with Gasteiger partial charge in [0.05, 0.1) is 0 Å². The predicted octanol–water partition coefficient (Wildman–Crippen LogP) is 6.06. The zero-order valence-electron chi connectivity index (χ0n) is 16.5. The van der Waals surface area contributed by atoms with E-state index in [1.807, 2.05) is 14.2 Å². The Morgan fingerprint density at radius 3 is 1.24 bits per heavy atom. The van der Waals surface area contributed by atoms with Crippen molar-refractivity contribution in [2.75, 3.05) is 14.2 Å². The van der Waals surface area contributed by atoms with Crippen LogP contribution in [-0.4, -0.2) is 14.2 Å². The van der Waals surface area contributed by atoms with Crippen molar-refractivity contribution >= 4 is 0 Å². The van der Waals surface area contributed by atoms with Crippen LogP contribution in [0.4, 0.5) is 0 Å². The first-order valence-corrected chi connectivity index (χ1v) is 12.4. The Kier molecular flexibility index (Phi) is 6.67. The van der Waals surface area contributed by atoms with Gasteiger partial charge in [-0.05, 0) is 0 Å². The van der Waals surface area contributed by atoms with Gasteiger partial charge in [0.25, 0.3) is 0 Å². The molecule has 0 atom stereocenters. The van der Waals surface area contributed by atoms with Crippen molar-refractivity contribution in [3.05, 3.63) is 71.8 Å². The molecule has 2 nitrogen and oxygen atoms in total. The van der Waals surface area contributed by atoms with Crippen LogP contribution in [0.2, 0.25) is 9.45 Å². The fourth-order valence-electron chi connectivity index (χ4n) is 3.76. The van der Waals surface area contributed by atoms with Gasteiger partial charge in [-0.25, -0.2) is 0 Å². The van der Waals surface area contributed by atoms with E-state index in [4.69, 9.17) is 6.64 Å². The Morgan fingerprint density at radius 2 is 0.960 bits per heavy atom. The maximum atomic E-state index is 6.17. The molecule has 0 bridgehead atoms. The van der Waals surface area contributed by atoms with Crippen LogP contribution in [0, 0.1) is 0 Å². The molecule has 0 N–H and O–H groups in total. The quantitative estimate of drug-likeness (QED) is 0.522. The second-order valence-corrected chi connectivity index (χ2v) is 13.4. The molecule has 0 heterocycles. The van der Waals surface area contributed by atoms with E-state index in [0.717, 1.165) is 9.45 Å². The topological polar surface area (TPSA) is 18.5 Å². The number of hydrogen-bond acceptors (Lipinski definition) is 2. The van der Waals surface area contributed by atoms with Gasteiger partial charge in [-0.1, -0.05) is 0 Å². The SMILES string of the molecule is C[O][Ti]([CH2]C(C)(C)c1ccccc1)([CH2]C(C)(C)c1ccccc1)[O]C. The minimum atomic E-state index is -2.99. The molecule has 0 fully saturated rings. The van der Waals surface area contributed by atoms with Crippen molar-refractivity contribution in [3.63, 3.8) is 0 Å². The molecule has 2 rings (SSSR count). The molecule has 0 saturated heterocycles. The number of benzene rings is 2. The molecule has 25 heavy (non-hydrogen) atoms. The van der Waals surface area contributed by atoms with Crippen molar-refractivity contribution in [1.82, 2.24) is 0 Å². The summed E-state index contributed by atoms with van der Waals surface area (Å²) in [5.41, 5.74) is 2.74. The van der Waals surface area contributed by atoms with Crippen LogP contribution in [0.1, 0.15) is 38.8 Å². The molecular weight excluding hydrogens is 344 g/mol. The van der Waals surface area contributed by atoms with E-state index >= 15 is 0 Å². The van der Waals surface area contributed by atoms with E-state index in [1.165, 1.54) is 11.1 Å². The summed E-state index contributed by atoms with van der Waals surface area (Å²) in [6, 6.07) is 21.4. The summed E-state index contributed by atoms with van der Waals surface area (Å²) >= 11 is -2.99. The molecule has 0 radical (unpaired) electrons. The van der Waals surface area contributed by atoms with E-state index in [1.54, 1.807) is 0 Å². The summed E-state index contributed by atoms with van der Waals surface area (Å²) in [5.74, 6) is 0. The molecule has 3 heteroatoms.